The van der Waals surface area contributed by atoms with Crippen LogP contribution in [0.25, 0.3) is 22.6 Å². The highest BCUT2D eigenvalue weighted by molar-refractivity contribution is 5.80. The summed E-state index contributed by atoms with van der Waals surface area (Å²) < 4.78 is 15.8. The number of para-hydroxylation sites is 1. The summed E-state index contributed by atoms with van der Waals surface area (Å²) in [6.45, 7) is 2.82. The van der Waals surface area contributed by atoms with Crippen molar-refractivity contribution in [1.29, 1.82) is 0 Å². The monoisotopic (exact) mass is 259 g/mol. The van der Waals surface area contributed by atoms with Gasteiger partial charge < -0.3 is 10.3 Å². The summed E-state index contributed by atoms with van der Waals surface area (Å²) in [5, 5.41) is 6.71. The number of hydrogen-bond donors (Lipinski definition) is 2. The van der Waals surface area contributed by atoms with Gasteiger partial charge in [0.1, 0.15) is 17.0 Å². The van der Waals surface area contributed by atoms with E-state index in [-0.39, 0.29) is 5.82 Å². The van der Waals surface area contributed by atoms with Crippen LogP contribution in [0.3, 0.4) is 0 Å². The molecule has 0 fully saturated rings. The van der Waals surface area contributed by atoms with Crippen molar-refractivity contribution in [3.8, 4) is 11.5 Å². The van der Waals surface area contributed by atoms with Gasteiger partial charge in [-0.05, 0) is 18.6 Å². The molecule has 3 N–H and O–H groups in total. The van der Waals surface area contributed by atoms with Gasteiger partial charge in [0.2, 0.25) is 0 Å². The van der Waals surface area contributed by atoms with E-state index in [2.05, 4.69) is 22.1 Å². The summed E-state index contributed by atoms with van der Waals surface area (Å²) >= 11 is 0. The number of nitrogens with one attached hydrogen (secondary N) is 1. The highest BCUT2D eigenvalue weighted by Gasteiger charge is 2.16. The standard InChI is InChI=1S/C13H14FN5/c1-2-6-19-10-5-3-4-8(14)12(10)16-13(19)9-7-11(15)18-17-9/h3-5,7H,2,6H2,1H3,(H3,15,17,18). The molecule has 98 valence electrons. The average molecular weight is 259 g/mol. The van der Waals surface area contributed by atoms with Gasteiger partial charge in [-0.15, -0.1) is 0 Å². The number of rotatable bonds is 3. The first-order valence-corrected chi connectivity index (χ1v) is 6.16. The zero-order valence-corrected chi connectivity index (χ0v) is 10.5. The number of imidazole rings is 1. The summed E-state index contributed by atoms with van der Waals surface area (Å²) in [6, 6.07) is 6.67. The molecular formula is C13H14FN5. The summed E-state index contributed by atoms with van der Waals surface area (Å²) in [7, 11) is 0. The van der Waals surface area contributed by atoms with Crippen LogP contribution in [0.15, 0.2) is 24.3 Å². The van der Waals surface area contributed by atoms with Crippen LogP contribution >= 0.6 is 0 Å². The van der Waals surface area contributed by atoms with Crippen LogP contribution in [0.5, 0.6) is 0 Å². The number of hydrogen-bond acceptors (Lipinski definition) is 3. The number of aromatic nitrogens is 4. The Bertz CT molecular complexity index is 728. The minimum Gasteiger partial charge on any atom is -0.382 e. The molecule has 0 radical (unpaired) electrons. The first kappa shape index (κ1) is 11.7. The number of halogens is 1. The fourth-order valence-electron chi connectivity index (χ4n) is 2.22. The predicted octanol–water partition coefficient (Wildman–Crippen LogP) is 2.56. The lowest BCUT2D eigenvalue weighted by atomic mass is 10.3. The number of fused-ring (bicyclic) bond motifs is 1. The largest absolute Gasteiger partial charge is 0.382 e. The SMILES string of the molecule is CCCn1c(-c2cc(N)n[nH]2)nc2c(F)cccc21. The quantitative estimate of drug-likeness (QED) is 0.759. The number of benzene rings is 1. The van der Waals surface area contributed by atoms with Crippen molar-refractivity contribution in [2.75, 3.05) is 5.73 Å². The minimum absolute atomic E-state index is 0.318. The van der Waals surface area contributed by atoms with Crippen molar-refractivity contribution in [3.63, 3.8) is 0 Å². The van der Waals surface area contributed by atoms with Gasteiger partial charge in [0.15, 0.2) is 11.6 Å². The Labute approximate surface area is 109 Å². The number of anilines is 1. The molecule has 0 saturated carbocycles. The molecule has 6 heteroatoms. The minimum atomic E-state index is -0.318. The van der Waals surface area contributed by atoms with Gasteiger partial charge in [0.05, 0.1) is 5.52 Å². The molecule has 2 aromatic heterocycles. The number of aryl methyl sites for hydroxylation is 1. The molecule has 0 amide bonds. The molecule has 0 unspecified atom stereocenters. The van der Waals surface area contributed by atoms with Crippen LogP contribution in [-0.4, -0.2) is 19.7 Å². The average Bonchev–Trinajstić information content (AvgIpc) is 2.96. The molecule has 5 nitrogen and oxygen atoms in total. The molecule has 19 heavy (non-hydrogen) atoms. The molecule has 0 bridgehead atoms. The Hall–Kier alpha value is -2.37. The second-order valence-corrected chi connectivity index (χ2v) is 4.40. The van der Waals surface area contributed by atoms with Crippen molar-refractivity contribution in [2.45, 2.75) is 19.9 Å². The lowest BCUT2D eigenvalue weighted by Crippen LogP contribution is -1.99. The summed E-state index contributed by atoms with van der Waals surface area (Å²) in [4.78, 5) is 4.38. The van der Waals surface area contributed by atoms with Crippen molar-refractivity contribution in [1.82, 2.24) is 19.7 Å². The third kappa shape index (κ3) is 1.85. The van der Waals surface area contributed by atoms with Crippen LogP contribution in [-0.2, 0) is 6.54 Å². The fourth-order valence-corrected chi connectivity index (χ4v) is 2.22. The highest BCUT2D eigenvalue weighted by atomic mass is 19.1. The van der Waals surface area contributed by atoms with E-state index in [0.717, 1.165) is 18.5 Å². The van der Waals surface area contributed by atoms with E-state index in [1.165, 1.54) is 6.07 Å². The Balaban J connectivity index is 2.28. The van der Waals surface area contributed by atoms with E-state index in [4.69, 9.17) is 5.73 Å². The third-order valence-electron chi connectivity index (χ3n) is 3.02. The summed E-state index contributed by atoms with van der Waals surface area (Å²) in [5.41, 5.74) is 7.46. The predicted molar refractivity (Wildman–Crippen MR) is 72.0 cm³/mol. The van der Waals surface area contributed by atoms with Gasteiger partial charge in [-0.25, -0.2) is 9.37 Å². The van der Waals surface area contributed by atoms with Gasteiger partial charge in [-0.2, -0.15) is 5.10 Å². The lowest BCUT2D eigenvalue weighted by Gasteiger charge is -2.05. The van der Waals surface area contributed by atoms with E-state index < -0.39 is 0 Å². The van der Waals surface area contributed by atoms with Crippen LogP contribution < -0.4 is 5.73 Å². The van der Waals surface area contributed by atoms with E-state index in [1.54, 1.807) is 12.1 Å². The molecular weight excluding hydrogens is 245 g/mol. The molecule has 0 aliphatic heterocycles. The normalized spacial score (nSPS) is 11.3. The Morgan fingerprint density at radius 2 is 2.26 bits per heavy atom. The summed E-state index contributed by atoms with van der Waals surface area (Å²) in [6.07, 6.45) is 0.929. The highest BCUT2D eigenvalue weighted by Crippen LogP contribution is 2.26. The number of nitrogen functional groups attached to an aromatic ring is 1. The summed E-state index contributed by atoms with van der Waals surface area (Å²) in [5.74, 6) is 0.734. The Morgan fingerprint density at radius 3 is 2.95 bits per heavy atom. The molecule has 0 atom stereocenters. The maximum Gasteiger partial charge on any atom is 0.159 e. The molecule has 3 rings (SSSR count). The molecule has 3 aromatic rings. The second-order valence-electron chi connectivity index (χ2n) is 4.40. The molecule has 0 saturated heterocycles. The first-order valence-electron chi connectivity index (χ1n) is 6.16. The van der Waals surface area contributed by atoms with Crippen molar-refractivity contribution in [2.24, 2.45) is 0 Å². The number of nitrogens with two attached hydrogens (primary N) is 1. The maximum absolute atomic E-state index is 13.8. The third-order valence-corrected chi connectivity index (χ3v) is 3.02. The maximum atomic E-state index is 13.8. The molecule has 0 aliphatic rings. The van der Waals surface area contributed by atoms with Gasteiger partial charge in [-0.1, -0.05) is 13.0 Å². The molecule has 1 aromatic carbocycles. The zero-order chi connectivity index (χ0) is 13.4. The Kier molecular flexibility index (Phi) is 2.70. The van der Waals surface area contributed by atoms with E-state index in [0.29, 0.717) is 22.9 Å². The smallest absolute Gasteiger partial charge is 0.159 e. The van der Waals surface area contributed by atoms with E-state index >= 15 is 0 Å². The van der Waals surface area contributed by atoms with Gasteiger partial charge >= 0.3 is 0 Å². The van der Waals surface area contributed by atoms with E-state index in [9.17, 15) is 4.39 Å². The van der Waals surface area contributed by atoms with Crippen LogP contribution in [0.4, 0.5) is 10.2 Å². The first-order chi connectivity index (χ1) is 9.20. The molecule has 2 heterocycles. The van der Waals surface area contributed by atoms with E-state index in [1.807, 2.05) is 10.6 Å². The number of aromatic amines is 1. The topological polar surface area (TPSA) is 72.5 Å². The van der Waals surface area contributed by atoms with Crippen LogP contribution in [0, 0.1) is 5.82 Å². The van der Waals surface area contributed by atoms with Crippen molar-refractivity contribution >= 4 is 16.9 Å². The Morgan fingerprint density at radius 1 is 1.42 bits per heavy atom. The second kappa shape index (κ2) is 4.38. The van der Waals surface area contributed by atoms with Crippen molar-refractivity contribution in [3.05, 3.63) is 30.1 Å². The fraction of sp³-hybridized carbons (Fsp3) is 0.231. The van der Waals surface area contributed by atoms with Crippen LogP contribution in [0.1, 0.15) is 13.3 Å². The van der Waals surface area contributed by atoms with Gasteiger partial charge in [0, 0.05) is 12.6 Å². The van der Waals surface area contributed by atoms with Gasteiger partial charge in [-0.3, -0.25) is 5.10 Å². The van der Waals surface area contributed by atoms with Crippen LogP contribution in [0.2, 0.25) is 0 Å². The van der Waals surface area contributed by atoms with Gasteiger partial charge in [0.25, 0.3) is 0 Å². The molecule has 0 aliphatic carbocycles. The lowest BCUT2D eigenvalue weighted by molar-refractivity contribution is 0.637. The van der Waals surface area contributed by atoms with Crippen molar-refractivity contribution < 1.29 is 4.39 Å². The number of H-pyrrole nitrogens is 1. The zero-order valence-electron chi connectivity index (χ0n) is 10.5. The molecule has 0 spiro atoms. The number of nitrogens with zero attached hydrogens (tertiary/aromatic N) is 3.